The van der Waals surface area contributed by atoms with Gasteiger partial charge in [-0.05, 0) is 12.1 Å². The number of Topliss-reactive ketones (excluding diaryl/α,β-unsaturated/α-hetero) is 1. The summed E-state index contributed by atoms with van der Waals surface area (Å²) in [6, 6.07) is 6.20. The Labute approximate surface area is 111 Å². The smallest absolute Gasteiger partial charge is 0.292 e. The highest BCUT2D eigenvalue weighted by molar-refractivity contribution is 6.31. The van der Waals surface area contributed by atoms with Crippen LogP contribution in [0.5, 0.6) is 0 Å². The van der Waals surface area contributed by atoms with Crippen molar-refractivity contribution in [3.8, 4) is 0 Å². The van der Waals surface area contributed by atoms with E-state index in [1.807, 2.05) is 0 Å². The van der Waals surface area contributed by atoms with E-state index in [4.69, 9.17) is 11.6 Å². The van der Waals surface area contributed by atoms with Crippen LogP contribution in [0.2, 0.25) is 5.02 Å². The fraction of sp³-hybridized carbons (Fsp3) is 0.167. The Bertz CT molecular complexity index is 607. The minimum Gasteiger partial charge on any atom is -0.292 e. The molecule has 0 aliphatic heterocycles. The molecule has 0 bridgehead atoms. The van der Waals surface area contributed by atoms with Gasteiger partial charge < -0.3 is 0 Å². The minimum absolute atomic E-state index is 0.267. The van der Waals surface area contributed by atoms with E-state index in [0.29, 0.717) is 16.8 Å². The van der Waals surface area contributed by atoms with E-state index in [0.717, 1.165) is 10.9 Å². The zero-order valence-electron chi connectivity index (χ0n) is 9.49. The number of ketones is 1. The first kappa shape index (κ1) is 13.6. The van der Waals surface area contributed by atoms with Gasteiger partial charge in [0.25, 0.3) is 0 Å². The summed E-state index contributed by atoms with van der Waals surface area (Å²) < 4.78 is 38.0. The van der Waals surface area contributed by atoms with Crippen molar-refractivity contribution in [2.24, 2.45) is 0 Å². The molecule has 0 fully saturated rings. The molecule has 0 saturated carbocycles. The van der Waals surface area contributed by atoms with Gasteiger partial charge in [-0.2, -0.15) is 18.3 Å². The van der Waals surface area contributed by atoms with Crippen molar-refractivity contribution in [1.82, 2.24) is 9.78 Å². The standard InChI is InChI=1S/C12H8ClF3N2O/c13-10-3-1-2-8(4-10)11(19)7-18-6-9(5-17-18)12(14,15)16/h1-6H,7H2. The fourth-order valence-corrected chi connectivity index (χ4v) is 1.69. The molecule has 0 atom stereocenters. The summed E-state index contributed by atoms with van der Waals surface area (Å²) in [6.07, 6.45) is -2.98. The van der Waals surface area contributed by atoms with Gasteiger partial charge in [0.05, 0.1) is 11.8 Å². The summed E-state index contributed by atoms with van der Waals surface area (Å²) >= 11 is 5.73. The Morgan fingerprint density at radius 3 is 2.68 bits per heavy atom. The molecule has 2 rings (SSSR count). The molecule has 7 heteroatoms. The summed E-state index contributed by atoms with van der Waals surface area (Å²) in [5.41, 5.74) is -0.553. The lowest BCUT2D eigenvalue weighted by Gasteiger charge is -2.03. The Morgan fingerprint density at radius 2 is 2.11 bits per heavy atom. The number of carbonyl (C=O) groups excluding carboxylic acids is 1. The normalized spacial score (nSPS) is 11.6. The first-order valence-corrected chi connectivity index (χ1v) is 5.62. The van der Waals surface area contributed by atoms with Crippen molar-refractivity contribution in [3.63, 3.8) is 0 Å². The molecule has 0 amide bonds. The van der Waals surface area contributed by atoms with E-state index in [1.54, 1.807) is 18.2 Å². The Hall–Kier alpha value is -1.82. The predicted molar refractivity (Wildman–Crippen MR) is 63.0 cm³/mol. The third-order valence-corrected chi connectivity index (χ3v) is 2.65. The van der Waals surface area contributed by atoms with Crippen LogP contribution in [-0.2, 0) is 12.7 Å². The molecule has 19 heavy (non-hydrogen) atoms. The molecule has 2 aromatic rings. The number of alkyl halides is 3. The third-order valence-electron chi connectivity index (χ3n) is 2.41. The van der Waals surface area contributed by atoms with Gasteiger partial charge in [-0.3, -0.25) is 9.48 Å². The Morgan fingerprint density at radius 1 is 1.37 bits per heavy atom. The van der Waals surface area contributed by atoms with Crippen LogP contribution in [0.1, 0.15) is 15.9 Å². The van der Waals surface area contributed by atoms with Crippen molar-refractivity contribution in [2.45, 2.75) is 12.7 Å². The maximum absolute atomic E-state index is 12.4. The van der Waals surface area contributed by atoms with E-state index < -0.39 is 11.7 Å². The number of halogens is 4. The van der Waals surface area contributed by atoms with E-state index in [2.05, 4.69) is 5.10 Å². The summed E-state index contributed by atoms with van der Waals surface area (Å²) in [4.78, 5) is 11.8. The molecule has 0 unspecified atom stereocenters. The predicted octanol–water partition coefficient (Wildman–Crippen LogP) is 3.44. The number of nitrogens with zero attached hydrogens (tertiary/aromatic N) is 2. The number of carbonyl (C=O) groups is 1. The zero-order valence-corrected chi connectivity index (χ0v) is 10.2. The minimum atomic E-state index is -4.46. The lowest BCUT2D eigenvalue weighted by atomic mass is 10.1. The van der Waals surface area contributed by atoms with Crippen LogP contribution >= 0.6 is 11.6 Å². The average molecular weight is 289 g/mol. The molecule has 1 heterocycles. The fourth-order valence-electron chi connectivity index (χ4n) is 1.50. The van der Waals surface area contributed by atoms with E-state index >= 15 is 0 Å². The SMILES string of the molecule is O=C(Cn1cc(C(F)(F)F)cn1)c1cccc(Cl)c1. The van der Waals surface area contributed by atoms with Crippen LogP contribution in [0.25, 0.3) is 0 Å². The Kier molecular flexibility index (Phi) is 3.61. The molecule has 0 N–H and O–H groups in total. The van der Waals surface area contributed by atoms with Crippen molar-refractivity contribution < 1.29 is 18.0 Å². The van der Waals surface area contributed by atoms with Crippen LogP contribution in [-0.4, -0.2) is 15.6 Å². The van der Waals surface area contributed by atoms with Gasteiger partial charge in [-0.1, -0.05) is 23.7 Å². The van der Waals surface area contributed by atoms with Crippen LogP contribution < -0.4 is 0 Å². The summed E-state index contributed by atoms with van der Waals surface area (Å²) in [7, 11) is 0. The van der Waals surface area contributed by atoms with Gasteiger partial charge in [-0.15, -0.1) is 0 Å². The lowest BCUT2D eigenvalue weighted by molar-refractivity contribution is -0.137. The molecular formula is C12H8ClF3N2O. The molecule has 1 aromatic heterocycles. The van der Waals surface area contributed by atoms with Crippen LogP contribution in [0.4, 0.5) is 13.2 Å². The highest BCUT2D eigenvalue weighted by atomic mass is 35.5. The molecule has 3 nitrogen and oxygen atoms in total. The quantitative estimate of drug-likeness (QED) is 0.811. The van der Waals surface area contributed by atoms with Crippen LogP contribution in [0, 0.1) is 0 Å². The molecule has 0 saturated heterocycles. The molecule has 0 aliphatic carbocycles. The second-order valence-electron chi connectivity index (χ2n) is 3.86. The molecule has 0 radical (unpaired) electrons. The van der Waals surface area contributed by atoms with Crippen LogP contribution in [0.15, 0.2) is 36.7 Å². The maximum atomic E-state index is 12.4. The van der Waals surface area contributed by atoms with E-state index in [9.17, 15) is 18.0 Å². The molecule has 1 aromatic carbocycles. The highest BCUT2D eigenvalue weighted by Crippen LogP contribution is 2.28. The van der Waals surface area contributed by atoms with Gasteiger partial charge in [-0.25, -0.2) is 0 Å². The van der Waals surface area contributed by atoms with Gasteiger partial charge in [0.15, 0.2) is 5.78 Å². The molecule has 100 valence electrons. The van der Waals surface area contributed by atoms with Crippen molar-refractivity contribution in [2.75, 3.05) is 0 Å². The van der Waals surface area contributed by atoms with E-state index in [-0.39, 0.29) is 12.3 Å². The summed E-state index contributed by atoms with van der Waals surface area (Å²) in [6.45, 7) is -0.267. The maximum Gasteiger partial charge on any atom is 0.419 e. The first-order chi connectivity index (χ1) is 8.86. The van der Waals surface area contributed by atoms with Crippen molar-refractivity contribution in [3.05, 3.63) is 52.8 Å². The van der Waals surface area contributed by atoms with Gasteiger partial charge >= 0.3 is 6.18 Å². The number of aromatic nitrogens is 2. The highest BCUT2D eigenvalue weighted by Gasteiger charge is 2.32. The zero-order chi connectivity index (χ0) is 14.0. The first-order valence-electron chi connectivity index (χ1n) is 5.24. The summed E-state index contributed by atoms with van der Waals surface area (Å²) in [5, 5.41) is 3.90. The van der Waals surface area contributed by atoms with Gasteiger partial charge in [0, 0.05) is 16.8 Å². The Balaban J connectivity index is 2.13. The number of hydrogen-bond acceptors (Lipinski definition) is 2. The monoisotopic (exact) mass is 288 g/mol. The second-order valence-corrected chi connectivity index (χ2v) is 4.29. The average Bonchev–Trinajstić information content (AvgIpc) is 2.77. The topological polar surface area (TPSA) is 34.9 Å². The molecular weight excluding hydrogens is 281 g/mol. The summed E-state index contributed by atoms with van der Waals surface area (Å²) in [5.74, 6) is -0.362. The van der Waals surface area contributed by atoms with Crippen LogP contribution in [0.3, 0.4) is 0 Å². The van der Waals surface area contributed by atoms with Crippen molar-refractivity contribution >= 4 is 17.4 Å². The second kappa shape index (κ2) is 5.05. The molecule has 0 aliphatic rings. The lowest BCUT2D eigenvalue weighted by Crippen LogP contribution is -2.11. The number of hydrogen-bond donors (Lipinski definition) is 0. The third kappa shape index (κ3) is 3.35. The largest absolute Gasteiger partial charge is 0.419 e. The van der Waals surface area contributed by atoms with Crippen molar-refractivity contribution in [1.29, 1.82) is 0 Å². The van der Waals surface area contributed by atoms with E-state index in [1.165, 1.54) is 6.07 Å². The number of benzene rings is 1. The molecule has 0 spiro atoms. The number of rotatable bonds is 3. The van der Waals surface area contributed by atoms with Gasteiger partial charge in [0.2, 0.25) is 0 Å². The van der Waals surface area contributed by atoms with Gasteiger partial charge in [0.1, 0.15) is 6.54 Å².